The highest BCUT2D eigenvalue weighted by Gasteiger charge is 2.20. The summed E-state index contributed by atoms with van der Waals surface area (Å²) in [6.07, 6.45) is 2.78. The van der Waals surface area contributed by atoms with E-state index in [0.717, 1.165) is 42.5 Å². The van der Waals surface area contributed by atoms with Gasteiger partial charge in [0.25, 0.3) is 0 Å². The minimum atomic E-state index is 0.369. The molecule has 24 heavy (non-hydrogen) atoms. The molecule has 0 amide bonds. The van der Waals surface area contributed by atoms with Gasteiger partial charge in [-0.05, 0) is 6.92 Å². The zero-order valence-corrected chi connectivity index (χ0v) is 14.4. The lowest BCUT2D eigenvalue weighted by Crippen LogP contribution is -2.31. The molecule has 2 N–H and O–H groups in total. The first-order valence-corrected chi connectivity index (χ1v) is 8.85. The Kier molecular flexibility index (Phi) is 4.00. The fourth-order valence-corrected chi connectivity index (χ4v) is 4.12. The minimum Gasteiger partial charge on any atom is -0.368 e. The second-order valence-electron chi connectivity index (χ2n) is 6.05. The van der Waals surface area contributed by atoms with Crippen LogP contribution in [0.3, 0.4) is 0 Å². The van der Waals surface area contributed by atoms with Crippen LogP contribution in [0.5, 0.6) is 0 Å². The fraction of sp³-hybridized carbons (Fsp3) is 0.278. The molecular formula is C18H19N5S. The number of rotatable bonds is 3. The molecule has 3 aromatic rings. The molecule has 4 rings (SSSR count). The number of nitrogens with zero attached hydrogens (tertiary/aromatic N) is 4. The summed E-state index contributed by atoms with van der Waals surface area (Å²) in [6.45, 7) is 4.87. The van der Waals surface area contributed by atoms with Crippen LogP contribution in [0.4, 0.5) is 5.95 Å². The van der Waals surface area contributed by atoms with Crippen LogP contribution in [0.15, 0.2) is 36.5 Å². The molecule has 0 radical (unpaired) electrons. The van der Waals surface area contributed by atoms with Crippen LogP contribution in [0, 0.1) is 6.92 Å². The molecular weight excluding hydrogens is 318 g/mol. The number of thiazole rings is 1. The number of benzene rings is 1. The zero-order chi connectivity index (χ0) is 16.5. The van der Waals surface area contributed by atoms with E-state index in [4.69, 9.17) is 10.7 Å². The van der Waals surface area contributed by atoms with Gasteiger partial charge in [0.15, 0.2) is 0 Å². The van der Waals surface area contributed by atoms with Crippen molar-refractivity contribution >= 4 is 17.3 Å². The van der Waals surface area contributed by atoms with Gasteiger partial charge in [-0.1, -0.05) is 30.3 Å². The maximum Gasteiger partial charge on any atom is 0.220 e. The van der Waals surface area contributed by atoms with Crippen molar-refractivity contribution in [3.05, 3.63) is 58.4 Å². The lowest BCUT2D eigenvalue weighted by atomic mass is 10.1. The maximum absolute atomic E-state index is 5.68. The SMILES string of the molecule is Cc1nc(-c2ccccc2)sc1CN1CCc2nc(N)ncc2C1. The van der Waals surface area contributed by atoms with Crippen molar-refractivity contribution in [1.82, 2.24) is 19.9 Å². The molecule has 122 valence electrons. The highest BCUT2D eigenvalue weighted by Crippen LogP contribution is 2.29. The zero-order valence-electron chi connectivity index (χ0n) is 13.6. The monoisotopic (exact) mass is 337 g/mol. The number of nitrogens with two attached hydrogens (primary N) is 1. The topological polar surface area (TPSA) is 67.9 Å². The van der Waals surface area contributed by atoms with Crippen LogP contribution >= 0.6 is 11.3 Å². The first kappa shape index (κ1) is 15.2. The highest BCUT2D eigenvalue weighted by atomic mass is 32.1. The van der Waals surface area contributed by atoms with Crippen LogP contribution in [0.2, 0.25) is 0 Å². The molecule has 0 saturated carbocycles. The average Bonchev–Trinajstić information content (AvgIpc) is 2.97. The van der Waals surface area contributed by atoms with Gasteiger partial charge < -0.3 is 5.73 Å². The number of fused-ring (bicyclic) bond motifs is 1. The number of anilines is 1. The Morgan fingerprint density at radius 2 is 2.04 bits per heavy atom. The Morgan fingerprint density at radius 3 is 2.88 bits per heavy atom. The largest absolute Gasteiger partial charge is 0.368 e. The molecule has 1 aliphatic rings. The first-order chi connectivity index (χ1) is 11.7. The van der Waals surface area contributed by atoms with E-state index < -0.39 is 0 Å². The minimum absolute atomic E-state index is 0.369. The van der Waals surface area contributed by atoms with Crippen LogP contribution in [0.1, 0.15) is 21.8 Å². The van der Waals surface area contributed by atoms with E-state index in [-0.39, 0.29) is 0 Å². The summed E-state index contributed by atoms with van der Waals surface area (Å²) in [6, 6.07) is 10.4. The summed E-state index contributed by atoms with van der Waals surface area (Å²) < 4.78 is 0. The fourth-order valence-electron chi connectivity index (χ4n) is 3.01. The number of hydrogen-bond donors (Lipinski definition) is 1. The van der Waals surface area contributed by atoms with E-state index in [0.29, 0.717) is 5.95 Å². The predicted octanol–water partition coefficient (Wildman–Crippen LogP) is 3.05. The molecule has 0 saturated heterocycles. The van der Waals surface area contributed by atoms with Crippen molar-refractivity contribution in [2.45, 2.75) is 26.4 Å². The number of aromatic nitrogens is 3. The van der Waals surface area contributed by atoms with Crippen molar-refractivity contribution in [2.24, 2.45) is 0 Å². The van der Waals surface area contributed by atoms with E-state index in [1.807, 2.05) is 12.3 Å². The molecule has 0 fully saturated rings. The Hall–Kier alpha value is -2.31. The van der Waals surface area contributed by atoms with Gasteiger partial charge >= 0.3 is 0 Å². The normalized spacial score (nSPS) is 14.5. The van der Waals surface area contributed by atoms with Gasteiger partial charge in [-0.15, -0.1) is 11.3 Å². The van der Waals surface area contributed by atoms with Crippen LogP contribution in [0.25, 0.3) is 10.6 Å². The van der Waals surface area contributed by atoms with Gasteiger partial charge in [0.1, 0.15) is 5.01 Å². The van der Waals surface area contributed by atoms with Gasteiger partial charge in [-0.2, -0.15) is 0 Å². The summed E-state index contributed by atoms with van der Waals surface area (Å²) in [5.41, 5.74) is 10.3. The lowest BCUT2D eigenvalue weighted by molar-refractivity contribution is 0.244. The van der Waals surface area contributed by atoms with Gasteiger partial charge in [0.05, 0.1) is 11.4 Å². The van der Waals surface area contributed by atoms with E-state index in [9.17, 15) is 0 Å². The average molecular weight is 337 g/mol. The van der Waals surface area contributed by atoms with E-state index >= 15 is 0 Å². The van der Waals surface area contributed by atoms with Crippen molar-refractivity contribution in [2.75, 3.05) is 12.3 Å². The Bertz CT molecular complexity index is 859. The third-order valence-electron chi connectivity index (χ3n) is 4.31. The Morgan fingerprint density at radius 1 is 1.21 bits per heavy atom. The molecule has 0 bridgehead atoms. The molecule has 0 unspecified atom stereocenters. The Balaban J connectivity index is 1.52. The van der Waals surface area contributed by atoms with Crippen molar-refractivity contribution in [1.29, 1.82) is 0 Å². The third kappa shape index (κ3) is 3.02. The number of hydrogen-bond acceptors (Lipinski definition) is 6. The van der Waals surface area contributed by atoms with Crippen molar-refractivity contribution < 1.29 is 0 Å². The molecule has 2 aromatic heterocycles. The standard InChI is InChI=1S/C18H19N5S/c1-12-16(24-17(21-12)13-5-3-2-4-6-13)11-23-8-7-15-14(10-23)9-20-18(19)22-15/h2-6,9H,7-8,10-11H2,1H3,(H2,19,20,22). The molecule has 0 spiro atoms. The highest BCUT2D eigenvalue weighted by molar-refractivity contribution is 7.15. The molecule has 0 aliphatic carbocycles. The molecule has 0 atom stereocenters. The number of nitrogen functional groups attached to an aromatic ring is 1. The van der Waals surface area contributed by atoms with Crippen LogP contribution in [-0.4, -0.2) is 26.4 Å². The summed E-state index contributed by atoms with van der Waals surface area (Å²) >= 11 is 1.79. The molecule has 3 heterocycles. The van der Waals surface area contributed by atoms with Gasteiger partial charge in [0, 0.05) is 48.3 Å². The van der Waals surface area contributed by atoms with Crippen molar-refractivity contribution in [3.63, 3.8) is 0 Å². The lowest BCUT2D eigenvalue weighted by Gasteiger charge is -2.27. The molecule has 5 nitrogen and oxygen atoms in total. The van der Waals surface area contributed by atoms with Gasteiger partial charge in [0.2, 0.25) is 5.95 Å². The molecule has 6 heteroatoms. The maximum atomic E-state index is 5.68. The van der Waals surface area contributed by atoms with E-state index in [2.05, 4.69) is 46.1 Å². The second-order valence-corrected chi connectivity index (χ2v) is 7.14. The molecule has 1 aliphatic heterocycles. The predicted molar refractivity (Wildman–Crippen MR) is 96.5 cm³/mol. The summed E-state index contributed by atoms with van der Waals surface area (Å²) in [5, 5.41) is 1.09. The summed E-state index contributed by atoms with van der Waals surface area (Å²) in [5.74, 6) is 0.369. The van der Waals surface area contributed by atoms with Crippen LogP contribution in [-0.2, 0) is 19.5 Å². The first-order valence-electron chi connectivity index (χ1n) is 8.03. The van der Waals surface area contributed by atoms with Gasteiger partial charge in [-0.25, -0.2) is 15.0 Å². The summed E-state index contributed by atoms with van der Waals surface area (Å²) in [7, 11) is 0. The van der Waals surface area contributed by atoms with E-state index in [1.54, 1.807) is 11.3 Å². The smallest absolute Gasteiger partial charge is 0.220 e. The van der Waals surface area contributed by atoms with Gasteiger partial charge in [-0.3, -0.25) is 4.90 Å². The second kappa shape index (κ2) is 6.30. The summed E-state index contributed by atoms with van der Waals surface area (Å²) in [4.78, 5) is 17.0. The Labute approximate surface area is 145 Å². The quantitative estimate of drug-likeness (QED) is 0.795. The van der Waals surface area contributed by atoms with Crippen LogP contribution < -0.4 is 5.73 Å². The van der Waals surface area contributed by atoms with E-state index in [1.165, 1.54) is 16.0 Å². The van der Waals surface area contributed by atoms with Crippen molar-refractivity contribution in [3.8, 4) is 10.6 Å². The molecule has 1 aromatic carbocycles. The third-order valence-corrected chi connectivity index (χ3v) is 5.50. The number of aryl methyl sites for hydroxylation is 1.